The summed E-state index contributed by atoms with van der Waals surface area (Å²) in [6.07, 6.45) is 1.32. The van der Waals surface area contributed by atoms with Crippen molar-refractivity contribution in [1.82, 2.24) is 5.32 Å². The molecule has 0 unspecified atom stereocenters. The molecular formula is C13H16N2O3. The van der Waals surface area contributed by atoms with Gasteiger partial charge in [-0.1, -0.05) is 18.2 Å². The van der Waals surface area contributed by atoms with Gasteiger partial charge in [-0.2, -0.15) is 0 Å². The third-order valence-electron chi connectivity index (χ3n) is 2.15. The van der Waals surface area contributed by atoms with Gasteiger partial charge < -0.3 is 15.4 Å². The zero-order chi connectivity index (χ0) is 13.4. The van der Waals surface area contributed by atoms with E-state index in [1.165, 1.54) is 7.11 Å². The maximum Gasteiger partial charge on any atom is 0.233 e. The minimum absolute atomic E-state index is 0.230. The number of hydrogen-bond donors (Lipinski definition) is 2. The maximum atomic E-state index is 11.6. The van der Waals surface area contributed by atoms with E-state index in [4.69, 9.17) is 4.74 Å². The average Bonchev–Trinajstić information content (AvgIpc) is 2.36. The van der Waals surface area contributed by atoms with E-state index in [1.54, 1.807) is 30.3 Å². The third-order valence-corrected chi connectivity index (χ3v) is 2.15. The van der Waals surface area contributed by atoms with Crippen LogP contribution in [0.4, 0.5) is 5.69 Å². The Labute approximate surface area is 106 Å². The molecule has 0 fully saturated rings. The lowest BCUT2D eigenvalue weighted by Gasteiger charge is -2.09. The third kappa shape index (κ3) is 4.29. The van der Waals surface area contributed by atoms with E-state index in [0.717, 1.165) is 0 Å². The van der Waals surface area contributed by atoms with Gasteiger partial charge in [-0.25, -0.2) is 0 Å². The van der Waals surface area contributed by atoms with Gasteiger partial charge in [0, 0.05) is 6.54 Å². The average molecular weight is 248 g/mol. The van der Waals surface area contributed by atoms with Crippen LogP contribution in [0.25, 0.3) is 0 Å². The zero-order valence-corrected chi connectivity index (χ0v) is 10.2. The Kier molecular flexibility index (Phi) is 5.44. The first-order valence-corrected chi connectivity index (χ1v) is 5.48. The van der Waals surface area contributed by atoms with Crippen molar-refractivity contribution in [3.8, 4) is 5.75 Å². The molecule has 1 rings (SSSR count). The second-order valence-corrected chi connectivity index (χ2v) is 3.52. The maximum absolute atomic E-state index is 11.6. The van der Waals surface area contributed by atoms with Crippen LogP contribution in [0.3, 0.4) is 0 Å². The smallest absolute Gasteiger partial charge is 0.233 e. The summed E-state index contributed by atoms with van der Waals surface area (Å²) in [6.45, 7) is 3.82. The molecule has 0 radical (unpaired) electrons. The number of methoxy groups -OCH3 is 1. The van der Waals surface area contributed by atoms with Crippen molar-refractivity contribution in [1.29, 1.82) is 0 Å². The van der Waals surface area contributed by atoms with Crippen molar-refractivity contribution in [2.24, 2.45) is 0 Å². The van der Waals surface area contributed by atoms with Crippen LogP contribution in [0.1, 0.15) is 6.42 Å². The predicted molar refractivity (Wildman–Crippen MR) is 69.4 cm³/mol. The molecule has 2 amide bonds. The number of carbonyl (C=O) groups excluding carboxylic acids is 2. The Morgan fingerprint density at radius 2 is 2.06 bits per heavy atom. The van der Waals surface area contributed by atoms with Crippen LogP contribution in [0, 0.1) is 0 Å². The molecule has 1 aromatic rings. The fourth-order valence-corrected chi connectivity index (χ4v) is 1.34. The Bertz CT molecular complexity index is 444. The van der Waals surface area contributed by atoms with Crippen molar-refractivity contribution in [2.45, 2.75) is 6.42 Å². The summed E-state index contributed by atoms with van der Waals surface area (Å²) < 4.78 is 5.09. The van der Waals surface area contributed by atoms with Crippen molar-refractivity contribution >= 4 is 17.5 Å². The van der Waals surface area contributed by atoms with Crippen molar-refractivity contribution < 1.29 is 14.3 Å². The second-order valence-electron chi connectivity index (χ2n) is 3.52. The molecule has 5 nitrogen and oxygen atoms in total. The molecule has 0 bridgehead atoms. The van der Waals surface area contributed by atoms with Crippen LogP contribution in [0.5, 0.6) is 5.75 Å². The molecule has 2 N–H and O–H groups in total. The van der Waals surface area contributed by atoms with E-state index >= 15 is 0 Å². The minimum atomic E-state index is -0.388. The van der Waals surface area contributed by atoms with Gasteiger partial charge in [0.2, 0.25) is 11.8 Å². The molecule has 0 atom stereocenters. The summed E-state index contributed by atoms with van der Waals surface area (Å²) in [5, 5.41) is 5.15. The van der Waals surface area contributed by atoms with Gasteiger partial charge in [-0.15, -0.1) is 6.58 Å². The van der Waals surface area contributed by atoms with E-state index in [1.807, 2.05) is 0 Å². The first kappa shape index (κ1) is 13.8. The predicted octanol–water partition coefficient (Wildman–Crippen LogP) is 1.33. The fraction of sp³-hybridized carbons (Fsp3) is 0.231. The van der Waals surface area contributed by atoms with E-state index in [0.29, 0.717) is 18.0 Å². The first-order chi connectivity index (χ1) is 8.67. The molecule has 18 heavy (non-hydrogen) atoms. The lowest BCUT2D eigenvalue weighted by atomic mass is 10.2. The van der Waals surface area contributed by atoms with Crippen molar-refractivity contribution in [3.05, 3.63) is 36.9 Å². The van der Waals surface area contributed by atoms with Crippen LogP contribution >= 0.6 is 0 Å². The largest absolute Gasteiger partial charge is 0.495 e. The summed E-state index contributed by atoms with van der Waals surface area (Å²) in [7, 11) is 1.52. The Hall–Kier alpha value is -2.30. The molecule has 0 saturated heterocycles. The molecule has 0 saturated carbocycles. The lowest BCUT2D eigenvalue weighted by Crippen LogP contribution is -2.28. The molecule has 0 heterocycles. The Morgan fingerprint density at radius 1 is 1.33 bits per heavy atom. The number of benzene rings is 1. The Morgan fingerprint density at radius 3 is 2.72 bits per heavy atom. The topological polar surface area (TPSA) is 67.4 Å². The number of para-hydroxylation sites is 2. The molecule has 0 spiro atoms. The first-order valence-electron chi connectivity index (χ1n) is 5.48. The summed E-state index contributed by atoms with van der Waals surface area (Å²) >= 11 is 0. The quantitative estimate of drug-likeness (QED) is 0.589. The molecule has 0 aliphatic carbocycles. The van der Waals surface area contributed by atoms with E-state index < -0.39 is 0 Å². The van der Waals surface area contributed by atoms with Crippen LogP contribution < -0.4 is 15.4 Å². The normalized spacial score (nSPS) is 9.39. The highest BCUT2D eigenvalue weighted by atomic mass is 16.5. The number of ether oxygens (including phenoxy) is 1. The van der Waals surface area contributed by atoms with E-state index in [9.17, 15) is 9.59 Å². The van der Waals surface area contributed by atoms with Gasteiger partial charge in [0.05, 0.1) is 12.8 Å². The standard InChI is InChI=1S/C13H16N2O3/c1-3-8-14-12(16)9-13(17)15-10-6-4-5-7-11(10)18-2/h3-7H,1,8-9H2,2H3,(H,14,16)(H,15,17). The molecule has 5 heteroatoms. The molecule has 96 valence electrons. The monoisotopic (exact) mass is 248 g/mol. The summed E-state index contributed by atoms with van der Waals surface area (Å²) in [4.78, 5) is 22.9. The van der Waals surface area contributed by atoms with E-state index in [2.05, 4.69) is 17.2 Å². The fourth-order valence-electron chi connectivity index (χ4n) is 1.34. The number of nitrogens with one attached hydrogen (secondary N) is 2. The number of rotatable bonds is 6. The lowest BCUT2D eigenvalue weighted by molar-refractivity contribution is -0.126. The van der Waals surface area contributed by atoms with Crippen LogP contribution in [-0.2, 0) is 9.59 Å². The van der Waals surface area contributed by atoms with Crippen molar-refractivity contribution in [2.75, 3.05) is 19.0 Å². The van der Waals surface area contributed by atoms with Crippen molar-refractivity contribution in [3.63, 3.8) is 0 Å². The van der Waals surface area contributed by atoms with Gasteiger partial charge >= 0.3 is 0 Å². The SMILES string of the molecule is C=CCNC(=O)CC(=O)Nc1ccccc1OC. The summed E-state index contributed by atoms with van der Waals surface area (Å²) in [5.74, 6) is -0.180. The van der Waals surface area contributed by atoms with Crippen LogP contribution in [0.15, 0.2) is 36.9 Å². The second kappa shape index (κ2) is 7.11. The molecule has 0 aliphatic heterocycles. The van der Waals surface area contributed by atoms with Gasteiger partial charge in [0.1, 0.15) is 12.2 Å². The number of hydrogen-bond acceptors (Lipinski definition) is 3. The highest BCUT2D eigenvalue weighted by Gasteiger charge is 2.10. The van der Waals surface area contributed by atoms with Gasteiger partial charge in [0.15, 0.2) is 0 Å². The number of anilines is 1. The highest BCUT2D eigenvalue weighted by molar-refractivity contribution is 6.04. The van der Waals surface area contributed by atoms with Gasteiger partial charge in [0.25, 0.3) is 0 Å². The van der Waals surface area contributed by atoms with Gasteiger partial charge in [-0.05, 0) is 12.1 Å². The number of amides is 2. The van der Waals surface area contributed by atoms with E-state index in [-0.39, 0.29) is 18.2 Å². The van der Waals surface area contributed by atoms with Crippen LogP contribution in [0.2, 0.25) is 0 Å². The van der Waals surface area contributed by atoms with Crippen LogP contribution in [-0.4, -0.2) is 25.5 Å². The molecular weight excluding hydrogens is 232 g/mol. The minimum Gasteiger partial charge on any atom is -0.495 e. The van der Waals surface area contributed by atoms with Gasteiger partial charge in [-0.3, -0.25) is 9.59 Å². The number of carbonyl (C=O) groups is 2. The molecule has 1 aromatic carbocycles. The molecule has 0 aromatic heterocycles. The molecule has 0 aliphatic rings. The Balaban J connectivity index is 2.54. The highest BCUT2D eigenvalue weighted by Crippen LogP contribution is 2.22. The summed E-state index contributed by atoms with van der Waals surface area (Å²) in [6, 6.07) is 7.01. The zero-order valence-electron chi connectivity index (χ0n) is 10.2. The summed E-state index contributed by atoms with van der Waals surface area (Å²) in [5.41, 5.74) is 0.543.